The van der Waals surface area contributed by atoms with E-state index in [4.69, 9.17) is 4.74 Å². The summed E-state index contributed by atoms with van der Waals surface area (Å²) in [7, 11) is 0. The van der Waals surface area contributed by atoms with Gasteiger partial charge in [-0.3, -0.25) is 19.3 Å². The molecule has 42 heavy (non-hydrogen) atoms. The summed E-state index contributed by atoms with van der Waals surface area (Å²) in [5.74, 6) is 0.427. The number of rotatable bonds is 5. The van der Waals surface area contributed by atoms with E-state index in [-0.39, 0.29) is 40.7 Å². The lowest BCUT2D eigenvalue weighted by Crippen LogP contribution is -2.69. The fourth-order valence-electron chi connectivity index (χ4n) is 11.1. The average Bonchev–Trinajstić information content (AvgIpc) is 3.37. The highest BCUT2D eigenvalue weighted by atomic mass is 16.5. The molecule has 0 aromatic heterocycles. The van der Waals surface area contributed by atoms with Crippen molar-refractivity contribution in [1.82, 2.24) is 4.90 Å². The van der Waals surface area contributed by atoms with E-state index in [0.717, 1.165) is 30.5 Å². The van der Waals surface area contributed by atoms with Gasteiger partial charge in [0.25, 0.3) is 0 Å². The van der Waals surface area contributed by atoms with Crippen LogP contribution >= 0.6 is 0 Å². The van der Waals surface area contributed by atoms with Crippen LogP contribution in [0.25, 0.3) is 0 Å². The summed E-state index contributed by atoms with van der Waals surface area (Å²) in [5.41, 5.74) is -0.306. The van der Waals surface area contributed by atoms with Crippen LogP contribution in [-0.4, -0.2) is 58.4 Å². The van der Waals surface area contributed by atoms with Crippen LogP contribution in [0.4, 0.5) is 0 Å². The molecular formula is C35H45NO6. The molecule has 4 fully saturated rings. The first-order valence-electron chi connectivity index (χ1n) is 15.4. The summed E-state index contributed by atoms with van der Waals surface area (Å²) in [5, 5.41) is 22.7. The van der Waals surface area contributed by atoms with Crippen molar-refractivity contribution < 1.29 is 29.3 Å². The SMILES string of the molecule is CC(=O)Oc1ccc(CN2CC3CC4(C)C5CC(C)C6=CC(=O)C=CC6(C)C5(C)C(O)CC4(C)C3(C(=O)CO)C2)cc1. The van der Waals surface area contributed by atoms with Crippen molar-refractivity contribution in [2.75, 3.05) is 19.7 Å². The number of ether oxygens (including phenoxy) is 1. The van der Waals surface area contributed by atoms with Gasteiger partial charge in [-0.25, -0.2) is 0 Å². The summed E-state index contributed by atoms with van der Waals surface area (Å²) in [4.78, 5) is 40.1. The fourth-order valence-corrected chi connectivity index (χ4v) is 11.1. The number of likely N-dealkylation sites (tertiary alicyclic amines) is 1. The van der Waals surface area contributed by atoms with Gasteiger partial charge in [0.2, 0.25) is 0 Å². The molecule has 5 aliphatic rings. The lowest BCUT2D eigenvalue weighted by Gasteiger charge is -2.70. The third-order valence-corrected chi connectivity index (χ3v) is 13.3. The molecule has 1 heterocycles. The molecule has 3 saturated carbocycles. The van der Waals surface area contributed by atoms with Crippen LogP contribution in [0.2, 0.25) is 0 Å². The Balaban J connectivity index is 1.37. The Kier molecular flexibility index (Phi) is 6.62. The molecule has 7 nitrogen and oxygen atoms in total. The molecule has 9 unspecified atom stereocenters. The minimum absolute atomic E-state index is 0.0155. The molecule has 4 aliphatic carbocycles. The number of carbonyl (C=O) groups excluding carboxylic acids is 3. The minimum atomic E-state index is -0.769. The number of hydrogen-bond acceptors (Lipinski definition) is 7. The number of allylic oxidation sites excluding steroid dienone is 4. The van der Waals surface area contributed by atoms with Crippen molar-refractivity contribution >= 4 is 17.5 Å². The van der Waals surface area contributed by atoms with Crippen LogP contribution < -0.4 is 4.74 Å². The Morgan fingerprint density at radius 2 is 1.79 bits per heavy atom. The highest BCUT2D eigenvalue weighted by molar-refractivity contribution is 6.01. The van der Waals surface area contributed by atoms with Crippen LogP contribution in [0.1, 0.15) is 66.4 Å². The molecule has 6 rings (SSSR count). The van der Waals surface area contributed by atoms with Crippen LogP contribution in [0, 0.1) is 44.8 Å². The zero-order valence-corrected chi connectivity index (χ0v) is 25.8. The van der Waals surface area contributed by atoms with E-state index < -0.39 is 34.4 Å². The maximum atomic E-state index is 14.0. The van der Waals surface area contributed by atoms with E-state index in [0.29, 0.717) is 25.3 Å². The van der Waals surface area contributed by atoms with E-state index in [1.165, 1.54) is 6.92 Å². The first kappa shape index (κ1) is 29.5. The second-order valence-electron chi connectivity index (χ2n) is 14.8. The maximum absolute atomic E-state index is 14.0. The van der Waals surface area contributed by atoms with Gasteiger partial charge in [0.05, 0.1) is 11.5 Å². The predicted octanol–water partition coefficient (Wildman–Crippen LogP) is 4.51. The predicted molar refractivity (Wildman–Crippen MR) is 158 cm³/mol. The number of Topliss-reactive ketones (excluding diaryl/α,β-unsaturated/α-hetero) is 1. The summed E-state index contributed by atoms with van der Waals surface area (Å²) >= 11 is 0. The van der Waals surface area contributed by atoms with Gasteiger partial charge in [-0.2, -0.15) is 0 Å². The second-order valence-corrected chi connectivity index (χ2v) is 14.8. The number of nitrogens with zero attached hydrogens (tertiary/aromatic N) is 1. The molecule has 2 N–H and O–H groups in total. The Morgan fingerprint density at radius 1 is 1.10 bits per heavy atom. The van der Waals surface area contributed by atoms with E-state index in [9.17, 15) is 24.6 Å². The van der Waals surface area contributed by atoms with Gasteiger partial charge < -0.3 is 14.9 Å². The standard InChI is InChI=1S/C35H45NO6/c1-21-13-28-32(4)15-24-18-36(17-23-7-9-26(10-8-23)42-22(2)38)20-35(24,30(41)19-37)33(32,5)16-29(40)34(28,6)31(3)12-11-25(39)14-27(21)31/h7-12,14,21,24,28-29,37,40H,13,15-20H2,1-6H3. The lowest BCUT2D eigenvalue weighted by molar-refractivity contribution is -0.229. The normalized spacial score (nSPS) is 44.1. The summed E-state index contributed by atoms with van der Waals surface area (Å²) in [6.45, 7) is 14.0. The number of ketones is 2. The molecule has 1 aromatic rings. The maximum Gasteiger partial charge on any atom is 0.308 e. The third-order valence-electron chi connectivity index (χ3n) is 13.3. The van der Waals surface area contributed by atoms with E-state index in [1.54, 1.807) is 24.3 Å². The largest absolute Gasteiger partial charge is 0.427 e. The van der Waals surface area contributed by atoms with Gasteiger partial charge in [-0.05, 0) is 77.7 Å². The number of fused-ring (bicyclic) bond motifs is 7. The van der Waals surface area contributed by atoms with Crippen LogP contribution in [-0.2, 0) is 20.9 Å². The van der Waals surface area contributed by atoms with Crippen molar-refractivity contribution in [2.24, 2.45) is 44.8 Å². The van der Waals surface area contributed by atoms with E-state index >= 15 is 0 Å². The van der Waals surface area contributed by atoms with Crippen molar-refractivity contribution in [1.29, 1.82) is 0 Å². The average molecular weight is 576 g/mol. The lowest BCUT2D eigenvalue weighted by atomic mass is 9.34. The number of carbonyl (C=O) groups is 3. The first-order chi connectivity index (χ1) is 19.7. The Labute approximate surface area is 249 Å². The van der Waals surface area contributed by atoms with Gasteiger partial charge in [-0.15, -0.1) is 0 Å². The molecular weight excluding hydrogens is 530 g/mol. The molecule has 0 bridgehead atoms. The Bertz CT molecular complexity index is 1400. The minimum Gasteiger partial charge on any atom is -0.427 e. The highest BCUT2D eigenvalue weighted by Crippen LogP contribution is 2.80. The molecule has 1 aromatic carbocycles. The smallest absolute Gasteiger partial charge is 0.308 e. The molecule has 0 spiro atoms. The number of aliphatic hydroxyl groups excluding tert-OH is 2. The van der Waals surface area contributed by atoms with Crippen LogP contribution in [0.15, 0.2) is 48.1 Å². The first-order valence-corrected chi connectivity index (χ1v) is 15.4. The zero-order chi connectivity index (χ0) is 30.5. The summed E-state index contributed by atoms with van der Waals surface area (Å²) in [6.07, 6.45) is 7.02. The second kappa shape index (κ2) is 9.44. The van der Waals surface area contributed by atoms with Crippen LogP contribution in [0.5, 0.6) is 5.75 Å². The van der Waals surface area contributed by atoms with Crippen molar-refractivity contribution in [3.63, 3.8) is 0 Å². The summed E-state index contributed by atoms with van der Waals surface area (Å²) < 4.78 is 5.19. The molecule has 0 amide bonds. The third kappa shape index (κ3) is 3.59. The highest BCUT2D eigenvalue weighted by Gasteiger charge is 2.80. The topological polar surface area (TPSA) is 104 Å². The molecule has 1 saturated heterocycles. The van der Waals surface area contributed by atoms with Gasteiger partial charge in [0, 0.05) is 37.4 Å². The number of esters is 1. The summed E-state index contributed by atoms with van der Waals surface area (Å²) in [6, 6.07) is 7.48. The van der Waals surface area contributed by atoms with E-state index in [2.05, 4.69) is 39.5 Å². The van der Waals surface area contributed by atoms with Gasteiger partial charge in [-0.1, -0.05) is 58.4 Å². The molecule has 9 atom stereocenters. The zero-order valence-electron chi connectivity index (χ0n) is 25.8. The van der Waals surface area contributed by atoms with Gasteiger partial charge in [0.15, 0.2) is 11.6 Å². The van der Waals surface area contributed by atoms with Crippen molar-refractivity contribution in [3.8, 4) is 5.75 Å². The molecule has 7 heteroatoms. The van der Waals surface area contributed by atoms with Crippen molar-refractivity contribution in [3.05, 3.63) is 53.6 Å². The van der Waals surface area contributed by atoms with Gasteiger partial charge >= 0.3 is 5.97 Å². The monoisotopic (exact) mass is 575 g/mol. The number of hydrogen-bond donors (Lipinski definition) is 2. The van der Waals surface area contributed by atoms with Crippen LogP contribution in [0.3, 0.4) is 0 Å². The fraction of sp³-hybridized carbons (Fsp3) is 0.629. The quantitative estimate of drug-likeness (QED) is 0.393. The Morgan fingerprint density at radius 3 is 2.43 bits per heavy atom. The van der Waals surface area contributed by atoms with Gasteiger partial charge in [0.1, 0.15) is 12.4 Å². The number of aliphatic hydroxyl groups is 2. The van der Waals surface area contributed by atoms with Crippen molar-refractivity contribution in [2.45, 2.75) is 73.5 Å². The molecule has 0 radical (unpaired) electrons. The Hall–Kier alpha value is -2.61. The molecule has 1 aliphatic heterocycles. The van der Waals surface area contributed by atoms with E-state index in [1.807, 2.05) is 18.2 Å². The number of benzene rings is 1. The molecule has 226 valence electrons.